The lowest BCUT2D eigenvalue weighted by molar-refractivity contribution is 0.0697. The van der Waals surface area contributed by atoms with Crippen molar-refractivity contribution < 1.29 is 23.4 Å². The third-order valence-corrected chi connectivity index (χ3v) is 8.10. The van der Waals surface area contributed by atoms with Crippen LogP contribution in [-0.4, -0.2) is 32.3 Å². The van der Waals surface area contributed by atoms with Crippen LogP contribution in [0.4, 0.5) is 8.78 Å². The van der Waals surface area contributed by atoms with Crippen molar-refractivity contribution in [1.82, 2.24) is 14.5 Å². The third-order valence-electron chi connectivity index (χ3n) is 8.10. The fourth-order valence-corrected chi connectivity index (χ4v) is 5.26. The number of halogens is 2. The van der Waals surface area contributed by atoms with E-state index in [0.29, 0.717) is 35.4 Å². The van der Waals surface area contributed by atoms with E-state index in [1.165, 1.54) is 6.07 Å². The first kappa shape index (κ1) is 27.6. The summed E-state index contributed by atoms with van der Waals surface area (Å²) in [6.45, 7) is 4.01. The van der Waals surface area contributed by atoms with Crippen LogP contribution in [0.3, 0.4) is 0 Å². The SMILES string of the molecule is Cc1ccc(COc2cccc(-c3ccc(Cc4nc5ccc(C(=O)O)cc5n4CC4(CF)CC4)c(C)c3)n2)c(F)c1. The molecule has 5 aromatic rings. The summed E-state index contributed by atoms with van der Waals surface area (Å²) in [5.41, 5.74) is 6.27. The lowest BCUT2D eigenvalue weighted by atomic mass is 10.0. The second-order valence-electron chi connectivity index (χ2n) is 11.3. The minimum absolute atomic E-state index is 0.0825. The Bertz CT molecular complexity index is 1810. The maximum Gasteiger partial charge on any atom is 0.335 e. The first-order valence-electron chi connectivity index (χ1n) is 14.0. The monoisotopic (exact) mass is 567 g/mol. The molecule has 3 aromatic carbocycles. The topological polar surface area (TPSA) is 77.2 Å². The zero-order valence-electron chi connectivity index (χ0n) is 23.5. The number of aromatic nitrogens is 3. The van der Waals surface area contributed by atoms with Gasteiger partial charge < -0.3 is 14.4 Å². The van der Waals surface area contributed by atoms with Crippen LogP contribution in [0.1, 0.15) is 51.3 Å². The number of hydrogen-bond acceptors (Lipinski definition) is 4. The van der Waals surface area contributed by atoms with Gasteiger partial charge in [0.25, 0.3) is 0 Å². The molecule has 0 spiro atoms. The summed E-state index contributed by atoms with van der Waals surface area (Å²) in [6, 6.07) is 21.6. The van der Waals surface area contributed by atoms with Crippen molar-refractivity contribution >= 4 is 17.0 Å². The van der Waals surface area contributed by atoms with Crippen molar-refractivity contribution in [3.8, 4) is 17.1 Å². The van der Waals surface area contributed by atoms with Crippen molar-refractivity contribution in [2.45, 2.75) is 46.3 Å². The van der Waals surface area contributed by atoms with Crippen molar-refractivity contribution in [2.75, 3.05) is 6.67 Å². The molecule has 214 valence electrons. The summed E-state index contributed by atoms with van der Waals surface area (Å²) >= 11 is 0. The van der Waals surface area contributed by atoms with Gasteiger partial charge in [0.2, 0.25) is 5.88 Å². The maximum atomic E-state index is 14.2. The Balaban J connectivity index is 1.25. The number of alkyl halides is 1. The Morgan fingerprint density at radius 1 is 1.00 bits per heavy atom. The molecule has 0 saturated heterocycles. The average molecular weight is 568 g/mol. The number of rotatable bonds is 10. The Hall–Kier alpha value is -4.59. The van der Waals surface area contributed by atoms with Gasteiger partial charge in [0, 0.05) is 35.6 Å². The number of carboxylic acid groups (broad SMARTS) is 1. The van der Waals surface area contributed by atoms with Gasteiger partial charge in [-0.3, -0.25) is 4.39 Å². The quantitative estimate of drug-likeness (QED) is 0.189. The molecule has 0 atom stereocenters. The highest BCUT2D eigenvalue weighted by molar-refractivity contribution is 5.92. The molecule has 2 aromatic heterocycles. The summed E-state index contributed by atoms with van der Waals surface area (Å²) in [4.78, 5) is 21.1. The second-order valence-corrected chi connectivity index (χ2v) is 11.3. The molecule has 0 bridgehead atoms. The Morgan fingerprint density at radius 3 is 2.52 bits per heavy atom. The molecule has 1 saturated carbocycles. The molecule has 1 aliphatic rings. The van der Waals surface area contributed by atoms with Crippen LogP contribution in [0, 0.1) is 25.1 Å². The van der Waals surface area contributed by atoms with E-state index < -0.39 is 18.1 Å². The number of pyridine rings is 1. The zero-order chi connectivity index (χ0) is 29.4. The van der Waals surface area contributed by atoms with Gasteiger partial charge in [0.05, 0.1) is 29.0 Å². The molecule has 1 N–H and O–H groups in total. The molecule has 0 amide bonds. The van der Waals surface area contributed by atoms with E-state index in [2.05, 4.69) is 11.1 Å². The molecule has 2 heterocycles. The van der Waals surface area contributed by atoms with Crippen LogP contribution in [0.25, 0.3) is 22.3 Å². The standard InChI is InChI=1S/C34H31F2N3O3/c1-21-6-7-26(27(36)14-21)18-42-32-5-3-4-28(38-32)24-9-8-23(22(2)15-24)17-31-37-29-11-10-25(33(40)41)16-30(29)39(31)20-34(19-35)12-13-34/h3-11,14-16H,12-13,17-20H2,1-2H3,(H,40,41). The number of nitrogens with zero attached hydrogens (tertiary/aromatic N) is 3. The minimum atomic E-state index is -1.00. The number of aromatic carboxylic acids is 1. The van der Waals surface area contributed by atoms with Crippen LogP contribution in [0.15, 0.2) is 72.8 Å². The first-order chi connectivity index (χ1) is 20.2. The van der Waals surface area contributed by atoms with E-state index in [4.69, 9.17) is 9.72 Å². The fourth-order valence-electron chi connectivity index (χ4n) is 5.26. The molecule has 6 nitrogen and oxygen atoms in total. The summed E-state index contributed by atoms with van der Waals surface area (Å²) < 4.78 is 35.9. The van der Waals surface area contributed by atoms with E-state index in [-0.39, 0.29) is 18.0 Å². The molecular weight excluding hydrogens is 536 g/mol. The van der Waals surface area contributed by atoms with Gasteiger partial charge in [-0.1, -0.05) is 30.3 Å². The Morgan fingerprint density at radius 2 is 1.81 bits per heavy atom. The molecule has 0 aliphatic heterocycles. The summed E-state index contributed by atoms with van der Waals surface area (Å²) in [5.74, 6) is -0.120. The van der Waals surface area contributed by atoms with Gasteiger partial charge in [0.1, 0.15) is 18.2 Å². The second kappa shape index (κ2) is 11.0. The highest BCUT2D eigenvalue weighted by Gasteiger charge is 2.43. The van der Waals surface area contributed by atoms with Crippen LogP contribution in [0.5, 0.6) is 5.88 Å². The number of imidazole rings is 1. The Kier molecular flexibility index (Phi) is 7.22. The summed E-state index contributed by atoms with van der Waals surface area (Å²) in [5, 5.41) is 9.53. The van der Waals surface area contributed by atoms with Gasteiger partial charge in [-0.25, -0.2) is 19.2 Å². The molecule has 0 radical (unpaired) electrons. The fraction of sp³-hybridized carbons (Fsp3) is 0.265. The zero-order valence-corrected chi connectivity index (χ0v) is 23.5. The molecule has 1 aliphatic carbocycles. The number of carbonyl (C=O) groups is 1. The van der Waals surface area contributed by atoms with Crippen LogP contribution < -0.4 is 4.74 Å². The lowest BCUT2D eigenvalue weighted by Gasteiger charge is -2.16. The van der Waals surface area contributed by atoms with Gasteiger partial charge >= 0.3 is 5.97 Å². The molecule has 8 heteroatoms. The smallest absolute Gasteiger partial charge is 0.335 e. The van der Waals surface area contributed by atoms with Gasteiger partial charge in [-0.2, -0.15) is 0 Å². The maximum absolute atomic E-state index is 14.2. The number of aryl methyl sites for hydroxylation is 2. The van der Waals surface area contributed by atoms with Crippen LogP contribution in [0.2, 0.25) is 0 Å². The van der Waals surface area contributed by atoms with E-state index in [1.807, 2.05) is 48.7 Å². The largest absolute Gasteiger partial charge is 0.478 e. The number of ether oxygens (including phenoxy) is 1. The van der Waals surface area contributed by atoms with E-state index >= 15 is 0 Å². The molecule has 0 unspecified atom stereocenters. The number of hydrogen-bond donors (Lipinski definition) is 1. The van der Waals surface area contributed by atoms with E-state index in [0.717, 1.165) is 46.6 Å². The van der Waals surface area contributed by atoms with Gasteiger partial charge in [-0.15, -0.1) is 0 Å². The highest BCUT2D eigenvalue weighted by Crippen LogP contribution is 2.48. The predicted octanol–water partition coefficient (Wildman–Crippen LogP) is 7.47. The first-order valence-corrected chi connectivity index (χ1v) is 14.0. The molecule has 1 fully saturated rings. The average Bonchev–Trinajstić information content (AvgIpc) is 3.68. The molecule has 6 rings (SSSR count). The number of fused-ring (bicyclic) bond motifs is 1. The number of benzene rings is 3. The minimum Gasteiger partial charge on any atom is -0.478 e. The highest BCUT2D eigenvalue weighted by atomic mass is 19.1. The van der Waals surface area contributed by atoms with Crippen molar-refractivity contribution in [3.63, 3.8) is 0 Å². The van der Waals surface area contributed by atoms with Crippen molar-refractivity contribution in [2.24, 2.45) is 5.41 Å². The molecular formula is C34H31F2N3O3. The summed E-state index contributed by atoms with van der Waals surface area (Å²) in [7, 11) is 0. The van der Waals surface area contributed by atoms with Gasteiger partial charge in [-0.05, 0) is 79.8 Å². The van der Waals surface area contributed by atoms with Crippen LogP contribution in [-0.2, 0) is 19.6 Å². The Labute approximate surface area is 242 Å². The molecule has 42 heavy (non-hydrogen) atoms. The van der Waals surface area contributed by atoms with E-state index in [9.17, 15) is 18.7 Å². The van der Waals surface area contributed by atoms with Crippen LogP contribution >= 0.6 is 0 Å². The lowest BCUT2D eigenvalue weighted by Crippen LogP contribution is -2.16. The summed E-state index contributed by atoms with van der Waals surface area (Å²) in [6.07, 6.45) is 2.14. The van der Waals surface area contributed by atoms with Gasteiger partial charge in [0.15, 0.2) is 0 Å². The number of carboxylic acids is 1. The third kappa shape index (κ3) is 5.62. The van der Waals surface area contributed by atoms with Crippen molar-refractivity contribution in [1.29, 1.82) is 0 Å². The van der Waals surface area contributed by atoms with E-state index in [1.54, 1.807) is 30.3 Å². The predicted molar refractivity (Wildman–Crippen MR) is 157 cm³/mol. The van der Waals surface area contributed by atoms with Crippen molar-refractivity contribution in [3.05, 3.63) is 112 Å². The normalized spacial score (nSPS) is 13.8.